The number of aromatic nitrogens is 6. The number of pyridine rings is 3. The zero-order chi connectivity index (χ0) is 78.3. The maximum absolute atomic E-state index is 6.29. The molecule has 0 bridgehead atoms. The largest absolute Gasteiger partial charge is 0.455 e. The number of fused-ring (bicyclic) bond motifs is 30. The van der Waals surface area contributed by atoms with Crippen LogP contribution in [0, 0.1) is 0 Å². The number of hydrogen-bond acceptors (Lipinski definition) is 8. The van der Waals surface area contributed by atoms with Crippen LogP contribution in [0.4, 0.5) is 0 Å². The Morgan fingerprint density at radius 3 is 1.39 bits per heavy atom. The van der Waals surface area contributed by atoms with Crippen molar-refractivity contribution < 1.29 is 4.42 Å². The Balaban J connectivity index is 0.0000000992. The molecule has 7 nitrogen and oxygen atoms in total. The van der Waals surface area contributed by atoms with E-state index < -0.39 is 0 Å². The Morgan fingerprint density at radius 1 is 0.252 bits per heavy atom. The van der Waals surface area contributed by atoms with Crippen molar-refractivity contribution in [1.29, 1.82) is 0 Å². The smallest absolute Gasteiger partial charge is 0.143 e. The van der Waals surface area contributed by atoms with Crippen LogP contribution in [0.15, 0.2) is 369 Å². The lowest BCUT2D eigenvalue weighted by atomic mass is 9.82. The third-order valence-corrected chi connectivity index (χ3v) is 29.4. The predicted octanol–water partition coefficient (Wildman–Crippen LogP) is 31.2. The molecule has 0 fully saturated rings. The zero-order valence-corrected chi connectivity index (χ0v) is 67.6. The van der Waals surface area contributed by atoms with E-state index in [1.165, 1.54) is 174 Å². The second-order valence-electron chi connectivity index (χ2n) is 31.6. The van der Waals surface area contributed by atoms with E-state index in [1.807, 2.05) is 76.1 Å². The van der Waals surface area contributed by atoms with E-state index in [-0.39, 0.29) is 5.41 Å². The lowest BCUT2D eigenvalue weighted by molar-refractivity contribution is 0.660. The Morgan fingerprint density at radius 2 is 0.697 bits per heavy atom. The summed E-state index contributed by atoms with van der Waals surface area (Å²) in [6.45, 7) is 4.65. The van der Waals surface area contributed by atoms with Crippen LogP contribution < -0.4 is 0 Å². The van der Waals surface area contributed by atoms with Crippen LogP contribution in [-0.4, -0.2) is 28.7 Å². The SMILES string of the molecule is CC1(C)c2ccccc2-c2cc(-c3ccc(-n4c5ccccc5c5c6sc7ccccc7c6ccc54)nc3)ccc21.c1ccc2c(c1)oc1c(-c3ccc(-n4c5ccccc5c5c6c(ccc54)sc4ccccc46)nc3)cccc12.c1ccc2c(c1)sc1ccc(-c3ccc(-n4c5ccccc5c5ccc6sc7ccccc7c6c54)nc3)cc12. The highest BCUT2D eigenvalue weighted by molar-refractivity contribution is 7.27. The van der Waals surface area contributed by atoms with Crippen LogP contribution in [-0.2, 0) is 5.41 Å². The molecule has 1 aliphatic rings. The van der Waals surface area contributed by atoms with Crippen LogP contribution in [0.5, 0.6) is 0 Å². The van der Waals surface area contributed by atoms with Gasteiger partial charge in [-0.1, -0.05) is 232 Å². The first-order chi connectivity index (χ1) is 58.8. The Bertz CT molecular complexity index is 8720. The molecule has 11 aromatic heterocycles. The third kappa shape index (κ3) is 10.4. The van der Waals surface area contributed by atoms with E-state index in [4.69, 9.17) is 19.4 Å². The van der Waals surface area contributed by atoms with Gasteiger partial charge in [0.05, 0.1) is 33.1 Å². The van der Waals surface area contributed by atoms with Gasteiger partial charge in [-0.3, -0.25) is 13.7 Å². The van der Waals surface area contributed by atoms with Crippen molar-refractivity contribution in [2.75, 3.05) is 0 Å². The number of hydrogen-bond donors (Lipinski definition) is 0. The summed E-state index contributed by atoms with van der Waals surface area (Å²) in [6.07, 6.45) is 6.02. The van der Waals surface area contributed by atoms with Gasteiger partial charge in [-0.25, -0.2) is 15.0 Å². The highest BCUT2D eigenvalue weighted by Crippen LogP contribution is 2.52. The van der Waals surface area contributed by atoms with Crippen molar-refractivity contribution in [3.8, 4) is 62.0 Å². The van der Waals surface area contributed by atoms with Gasteiger partial charge >= 0.3 is 0 Å². The zero-order valence-electron chi connectivity index (χ0n) is 64.4. The summed E-state index contributed by atoms with van der Waals surface area (Å²) >= 11 is 7.46. The van der Waals surface area contributed by atoms with Crippen LogP contribution in [0.25, 0.3) is 230 Å². The third-order valence-electron chi connectivity index (χ3n) is 24.8. The highest BCUT2D eigenvalue weighted by atomic mass is 32.1. The lowest BCUT2D eigenvalue weighted by Gasteiger charge is -2.21. The van der Waals surface area contributed by atoms with Gasteiger partial charge in [0.2, 0.25) is 0 Å². The highest BCUT2D eigenvalue weighted by Gasteiger charge is 2.35. The van der Waals surface area contributed by atoms with Crippen molar-refractivity contribution in [3.63, 3.8) is 0 Å². The molecule has 0 amide bonds. The number of thiophene rings is 4. The van der Waals surface area contributed by atoms with Crippen LogP contribution in [0.1, 0.15) is 25.0 Å². The quantitative estimate of drug-likeness (QED) is 0.166. The summed E-state index contributed by atoms with van der Waals surface area (Å²) in [6, 6.07) is 125. The van der Waals surface area contributed by atoms with Gasteiger partial charge < -0.3 is 4.42 Å². The van der Waals surface area contributed by atoms with Crippen molar-refractivity contribution in [3.05, 3.63) is 376 Å². The number of para-hydroxylation sites is 5. The van der Waals surface area contributed by atoms with E-state index in [0.717, 1.165) is 67.2 Å². The van der Waals surface area contributed by atoms with Crippen LogP contribution in [0.2, 0.25) is 0 Å². The van der Waals surface area contributed by atoms with Gasteiger partial charge in [0, 0.05) is 170 Å². The fourth-order valence-electron chi connectivity index (χ4n) is 19.3. The summed E-state index contributed by atoms with van der Waals surface area (Å²) in [5.74, 6) is 2.78. The fraction of sp³-hybridized carbons (Fsp3) is 0.0278. The number of nitrogens with zero attached hydrogens (tertiary/aromatic N) is 6. The standard InChI is InChI=1S/C38H26N2S.C35H20N2OS.C35H20N2S2/c1-38(2)30-12-6-3-9-25(30)29-21-23(15-18-31(29)38)24-16-20-35(39-22-24)40-32-13-7-4-11-28(32)36-33(40)19-17-27-26-10-5-8-14-34(26)41-37(27)36;1-4-13-27-25(9-1)33-28(17-18-31-34(33)26-10-3-6-15-30(26)39-31)37(27)32-19-16-21(20-36-32)22-11-7-12-24-23-8-2-5-14-29(23)38-35(22)24;1-4-10-28-23(7-1)25-15-17-32-34(26-9-3-6-12-30(26)39-32)35(25)37(28)33-18-14-22(20-36-33)21-13-16-31-27(19-21)24-8-2-5-11-29(24)38-31/h3-22H,1-2H3;2*1-20H. The Kier molecular flexibility index (Phi) is 15.1. The van der Waals surface area contributed by atoms with Gasteiger partial charge in [-0.05, 0) is 161 Å². The molecule has 0 aliphatic heterocycles. The summed E-state index contributed by atoms with van der Waals surface area (Å²) in [7, 11) is 0. The van der Waals surface area contributed by atoms with Crippen molar-refractivity contribution in [1.82, 2.24) is 28.7 Å². The van der Waals surface area contributed by atoms with Gasteiger partial charge in [0.25, 0.3) is 0 Å². The Hall–Kier alpha value is -14.2. The molecule has 0 spiro atoms. The molecule has 0 saturated heterocycles. The van der Waals surface area contributed by atoms with Crippen molar-refractivity contribution in [2.45, 2.75) is 19.3 Å². The summed E-state index contributed by atoms with van der Waals surface area (Å²) in [5.41, 5.74) is 21.2. The average Bonchev–Trinajstić information content (AvgIpc) is 1.57. The molecular formula is C108H66N6OS4. The molecule has 11 heteroatoms. The van der Waals surface area contributed by atoms with Gasteiger partial charge in [-0.2, -0.15) is 0 Å². The molecule has 0 radical (unpaired) electrons. The summed E-state index contributed by atoms with van der Waals surface area (Å²) in [4.78, 5) is 15.1. The lowest BCUT2D eigenvalue weighted by Crippen LogP contribution is -2.14. The van der Waals surface area contributed by atoms with E-state index in [9.17, 15) is 0 Å². The number of furan rings is 1. The first-order valence-corrected chi connectivity index (χ1v) is 43.5. The van der Waals surface area contributed by atoms with Crippen LogP contribution in [0.3, 0.4) is 0 Å². The maximum Gasteiger partial charge on any atom is 0.143 e. The van der Waals surface area contributed by atoms with E-state index in [1.54, 1.807) is 0 Å². The van der Waals surface area contributed by atoms with Gasteiger partial charge in [-0.15, -0.1) is 45.3 Å². The number of benzene rings is 15. The molecule has 27 rings (SSSR count). The van der Waals surface area contributed by atoms with Crippen molar-refractivity contribution >= 4 is 213 Å². The van der Waals surface area contributed by atoms with Crippen LogP contribution >= 0.6 is 45.3 Å². The molecule has 26 aromatic rings. The van der Waals surface area contributed by atoms with Gasteiger partial charge in [0.15, 0.2) is 0 Å². The van der Waals surface area contributed by atoms with Crippen molar-refractivity contribution in [2.24, 2.45) is 0 Å². The minimum atomic E-state index is 0.0168. The summed E-state index contributed by atoms with van der Waals surface area (Å²) in [5, 5.41) is 20.4. The predicted molar refractivity (Wildman–Crippen MR) is 508 cm³/mol. The topological polar surface area (TPSA) is 66.6 Å². The average molecular weight is 1590 g/mol. The molecule has 558 valence electrons. The molecule has 1 aliphatic carbocycles. The molecule has 119 heavy (non-hydrogen) atoms. The molecule has 0 atom stereocenters. The fourth-order valence-corrected chi connectivity index (χ4v) is 23.9. The minimum Gasteiger partial charge on any atom is -0.455 e. The second kappa shape index (κ2) is 26.4. The van der Waals surface area contributed by atoms with E-state index in [2.05, 4.69) is 361 Å². The monoisotopic (exact) mass is 1590 g/mol. The molecule has 11 heterocycles. The maximum atomic E-state index is 6.29. The number of rotatable bonds is 6. The normalized spacial score (nSPS) is 12.7. The molecule has 0 unspecified atom stereocenters. The second-order valence-corrected chi connectivity index (χ2v) is 35.9. The molecule has 0 saturated carbocycles. The first kappa shape index (κ1) is 68.1. The first-order valence-electron chi connectivity index (χ1n) is 40.2. The molecule has 15 aromatic carbocycles. The molecule has 0 N–H and O–H groups in total. The van der Waals surface area contributed by atoms with E-state index >= 15 is 0 Å². The van der Waals surface area contributed by atoms with E-state index in [0.29, 0.717) is 0 Å². The summed E-state index contributed by atoms with van der Waals surface area (Å²) < 4.78 is 23.8. The molecular weight excluding hydrogens is 1530 g/mol. The van der Waals surface area contributed by atoms with Gasteiger partial charge in [0.1, 0.15) is 28.6 Å². The minimum absolute atomic E-state index is 0.0168. The Labute approximate surface area is 697 Å².